The monoisotopic (exact) mass is 301 g/mol. The first-order chi connectivity index (χ1) is 10.5. The third kappa shape index (κ3) is 3.91. The highest BCUT2D eigenvalue weighted by molar-refractivity contribution is 6.04. The van der Waals surface area contributed by atoms with Gasteiger partial charge in [0.15, 0.2) is 11.9 Å². The van der Waals surface area contributed by atoms with Gasteiger partial charge in [0.05, 0.1) is 5.69 Å². The summed E-state index contributed by atoms with van der Waals surface area (Å²) >= 11 is 0. The number of amides is 1. The summed E-state index contributed by atoms with van der Waals surface area (Å²) in [6.07, 6.45) is -0.787. The number of benzene rings is 2. The van der Waals surface area contributed by atoms with E-state index in [4.69, 9.17) is 4.74 Å². The van der Waals surface area contributed by atoms with E-state index in [1.807, 2.05) is 0 Å². The number of carbonyl (C=O) groups is 2. The Balaban J connectivity index is 2.05. The Morgan fingerprint density at radius 3 is 2.36 bits per heavy atom. The Kier molecular flexibility index (Phi) is 4.88. The van der Waals surface area contributed by atoms with Crippen LogP contribution in [0.3, 0.4) is 0 Å². The molecule has 1 atom stereocenters. The number of ether oxygens (including phenoxy) is 1. The van der Waals surface area contributed by atoms with E-state index < -0.39 is 12.0 Å². The van der Waals surface area contributed by atoms with Crippen LogP contribution in [0.5, 0.6) is 5.75 Å². The second-order valence-corrected chi connectivity index (χ2v) is 4.81. The van der Waals surface area contributed by atoms with Crippen molar-refractivity contribution < 1.29 is 18.7 Å². The smallest absolute Gasteiger partial charge is 0.265 e. The second-order valence-electron chi connectivity index (χ2n) is 4.81. The Bertz CT molecular complexity index is 683. The van der Waals surface area contributed by atoms with E-state index in [-0.39, 0.29) is 11.6 Å². The van der Waals surface area contributed by atoms with Gasteiger partial charge in [-0.3, -0.25) is 9.59 Å². The van der Waals surface area contributed by atoms with Crippen molar-refractivity contribution in [2.24, 2.45) is 0 Å². The lowest BCUT2D eigenvalue weighted by atomic mass is 10.1. The van der Waals surface area contributed by atoms with Gasteiger partial charge in [-0.15, -0.1) is 0 Å². The van der Waals surface area contributed by atoms with Gasteiger partial charge in [-0.25, -0.2) is 4.39 Å². The van der Waals surface area contributed by atoms with Gasteiger partial charge in [-0.05, 0) is 50.2 Å². The standard InChI is InChI=1S/C17H16FNO3/c1-11(20)15-5-3-4-6-16(15)19-17(21)12(2)22-14-9-7-13(18)8-10-14/h3-10,12H,1-2H3,(H,19,21)/t12-/m1/s1. The van der Waals surface area contributed by atoms with Gasteiger partial charge in [0.1, 0.15) is 11.6 Å². The number of carbonyl (C=O) groups excluding carboxylic acids is 2. The Morgan fingerprint density at radius 2 is 1.73 bits per heavy atom. The molecular weight excluding hydrogens is 285 g/mol. The minimum atomic E-state index is -0.787. The Morgan fingerprint density at radius 1 is 1.09 bits per heavy atom. The molecule has 1 N–H and O–H groups in total. The van der Waals surface area contributed by atoms with E-state index in [9.17, 15) is 14.0 Å². The van der Waals surface area contributed by atoms with Crippen molar-refractivity contribution >= 4 is 17.4 Å². The van der Waals surface area contributed by atoms with Crippen LogP contribution in [0.2, 0.25) is 0 Å². The van der Waals surface area contributed by atoms with Crippen LogP contribution in [0.25, 0.3) is 0 Å². The summed E-state index contributed by atoms with van der Waals surface area (Å²) in [6.45, 7) is 3.01. The maximum Gasteiger partial charge on any atom is 0.265 e. The van der Waals surface area contributed by atoms with Crippen LogP contribution in [-0.4, -0.2) is 17.8 Å². The quantitative estimate of drug-likeness (QED) is 0.861. The molecule has 0 heterocycles. The summed E-state index contributed by atoms with van der Waals surface area (Å²) in [5, 5.41) is 2.66. The van der Waals surface area contributed by atoms with Gasteiger partial charge in [0, 0.05) is 5.56 Å². The minimum Gasteiger partial charge on any atom is -0.481 e. The SMILES string of the molecule is CC(=O)c1ccccc1NC(=O)[C@@H](C)Oc1ccc(F)cc1. The maximum atomic E-state index is 12.8. The lowest BCUT2D eigenvalue weighted by molar-refractivity contribution is -0.122. The van der Waals surface area contributed by atoms with Crippen molar-refractivity contribution in [2.75, 3.05) is 5.32 Å². The van der Waals surface area contributed by atoms with Crippen molar-refractivity contribution in [3.05, 3.63) is 59.9 Å². The molecule has 5 heteroatoms. The van der Waals surface area contributed by atoms with E-state index in [2.05, 4.69) is 5.32 Å². The zero-order chi connectivity index (χ0) is 16.1. The van der Waals surface area contributed by atoms with Crippen molar-refractivity contribution in [2.45, 2.75) is 20.0 Å². The Labute approximate surface area is 127 Å². The number of Topliss-reactive ketones (excluding diaryl/α,β-unsaturated/α-hetero) is 1. The van der Waals surface area contributed by atoms with Gasteiger partial charge in [0.25, 0.3) is 5.91 Å². The number of rotatable bonds is 5. The molecular formula is C17H16FNO3. The van der Waals surface area contributed by atoms with Gasteiger partial charge < -0.3 is 10.1 Å². The van der Waals surface area contributed by atoms with Crippen LogP contribution in [0, 0.1) is 5.82 Å². The number of para-hydroxylation sites is 1. The van der Waals surface area contributed by atoms with Crippen molar-refractivity contribution in [3.63, 3.8) is 0 Å². The molecule has 0 aliphatic rings. The highest BCUT2D eigenvalue weighted by atomic mass is 19.1. The molecule has 0 aromatic heterocycles. The molecule has 1 amide bonds. The van der Waals surface area contributed by atoms with Gasteiger partial charge in [-0.1, -0.05) is 12.1 Å². The van der Waals surface area contributed by atoms with E-state index in [0.29, 0.717) is 17.0 Å². The van der Waals surface area contributed by atoms with Crippen LogP contribution in [0.4, 0.5) is 10.1 Å². The largest absolute Gasteiger partial charge is 0.481 e. The van der Waals surface area contributed by atoms with Crippen molar-refractivity contribution in [1.82, 2.24) is 0 Å². The molecule has 2 aromatic carbocycles. The zero-order valence-electron chi connectivity index (χ0n) is 12.3. The van der Waals surface area contributed by atoms with Crippen LogP contribution >= 0.6 is 0 Å². The maximum absolute atomic E-state index is 12.8. The predicted octanol–water partition coefficient (Wildman–Crippen LogP) is 3.43. The number of hydrogen-bond acceptors (Lipinski definition) is 3. The topological polar surface area (TPSA) is 55.4 Å². The number of halogens is 1. The molecule has 2 aromatic rings. The fourth-order valence-corrected chi connectivity index (χ4v) is 1.90. The molecule has 0 saturated carbocycles. The minimum absolute atomic E-state index is 0.136. The lowest BCUT2D eigenvalue weighted by Gasteiger charge is -2.16. The highest BCUT2D eigenvalue weighted by Gasteiger charge is 2.17. The molecule has 0 radical (unpaired) electrons. The second kappa shape index (κ2) is 6.85. The van der Waals surface area contributed by atoms with Gasteiger partial charge >= 0.3 is 0 Å². The molecule has 0 saturated heterocycles. The third-order valence-corrected chi connectivity index (χ3v) is 3.06. The van der Waals surface area contributed by atoms with E-state index in [1.54, 1.807) is 31.2 Å². The fraction of sp³-hybridized carbons (Fsp3) is 0.176. The van der Waals surface area contributed by atoms with E-state index in [1.165, 1.54) is 31.2 Å². The summed E-state index contributed by atoms with van der Waals surface area (Å²) in [7, 11) is 0. The van der Waals surface area contributed by atoms with Crippen LogP contribution in [0.1, 0.15) is 24.2 Å². The molecule has 22 heavy (non-hydrogen) atoms. The van der Waals surface area contributed by atoms with Crippen LogP contribution in [-0.2, 0) is 4.79 Å². The third-order valence-electron chi connectivity index (χ3n) is 3.06. The first-order valence-electron chi connectivity index (χ1n) is 6.80. The average Bonchev–Trinajstić information content (AvgIpc) is 2.49. The number of hydrogen-bond donors (Lipinski definition) is 1. The lowest BCUT2D eigenvalue weighted by Crippen LogP contribution is -2.30. The zero-order valence-corrected chi connectivity index (χ0v) is 12.3. The molecule has 4 nitrogen and oxygen atoms in total. The van der Waals surface area contributed by atoms with Crippen LogP contribution in [0.15, 0.2) is 48.5 Å². The highest BCUT2D eigenvalue weighted by Crippen LogP contribution is 2.17. The molecule has 0 aliphatic carbocycles. The van der Waals surface area contributed by atoms with E-state index >= 15 is 0 Å². The van der Waals surface area contributed by atoms with Crippen molar-refractivity contribution in [3.8, 4) is 5.75 Å². The number of anilines is 1. The summed E-state index contributed by atoms with van der Waals surface area (Å²) in [6, 6.07) is 12.2. The van der Waals surface area contributed by atoms with Gasteiger partial charge in [0.2, 0.25) is 0 Å². The molecule has 0 fully saturated rings. The molecule has 0 unspecified atom stereocenters. The molecule has 114 valence electrons. The molecule has 0 aliphatic heterocycles. The molecule has 0 spiro atoms. The van der Waals surface area contributed by atoms with Crippen molar-refractivity contribution in [1.29, 1.82) is 0 Å². The first kappa shape index (κ1) is 15.7. The average molecular weight is 301 g/mol. The number of nitrogens with one attached hydrogen (secondary N) is 1. The van der Waals surface area contributed by atoms with E-state index in [0.717, 1.165) is 0 Å². The molecule has 2 rings (SSSR count). The predicted molar refractivity (Wildman–Crippen MR) is 81.6 cm³/mol. The fourth-order valence-electron chi connectivity index (χ4n) is 1.90. The van der Waals surface area contributed by atoms with Gasteiger partial charge in [-0.2, -0.15) is 0 Å². The summed E-state index contributed by atoms with van der Waals surface area (Å²) in [5.41, 5.74) is 0.874. The Hall–Kier alpha value is -2.69. The summed E-state index contributed by atoms with van der Waals surface area (Å²) < 4.78 is 18.3. The number of ketones is 1. The van der Waals surface area contributed by atoms with Crippen LogP contribution < -0.4 is 10.1 Å². The summed E-state index contributed by atoms with van der Waals surface area (Å²) in [5.74, 6) is -0.509. The first-order valence-corrected chi connectivity index (χ1v) is 6.80. The summed E-state index contributed by atoms with van der Waals surface area (Å²) in [4.78, 5) is 23.7. The molecule has 0 bridgehead atoms. The normalized spacial score (nSPS) is 11.6.